The number of hydrogen-bond acceptors (Lipinski definition) is 6. The molecule has 0 saturated heterocycles. The van der Waals surface area contributed by atoms with Gasteiger partial charge in [-0.2, -0.15) is 13.2 Å². The molecule has 0 aliphatic rings. The van der Waals surface area contributed by atoms with Crippen LogP contribution < -0.4 is 11.1 Å². The summed E-state index contributed by atoms with van der Waals surface area (Å²) in [6, 6.07) is 4.71. The van der Waals surface area contributed by atoms with E-state index in [9.17, 15) is 13.2 Å². The number of nitrogen functional groups attached to an aromatic ring is 1. The van der Waals surface area contributed by atoms with Crippen LogP contribution in [-0.2, 0) is 12.7 Å². The van der Waals surface area contributed by atoms with E-state index >= 15 is 0 Å². The topological polar surface area (TPSA) is 105 Å². The molecule has 4 aromatic heterocycles. The SMILES string of the molecule is Nc1cnc(NCc2ccncc2)nc1-c1c[nH]c2ncc(C(F)(F)F)cc12. The second-order valence-corrected chi connectivity index (χ2v) is 6.03. The molecule has 0 aliphatic carbocycles. The van der Waals surface area contributed by atoms with E-state index in [1.807, 2.05) is 12.1 Å². The van der Waals surface area contributed by atoms with E-state index in [-0.39, 0.29) is 11.1 Å². The fourth-order valence-corrected chi connectivity index (χ4v) is 2.73. The molecule has 0 fully saturated rings. The fourth-order valence-electron chi connectivity index (χ4n) is 2.73. The smallest absolute Gasteiger partial charge is 0.396 e. The van der Waals surface area contributed by atoms with Gasteiger partial charge < -0.3 is 16.0 Å². The molecule has 4 aromatic rings. The lowest BCUT2D eigenvalue weighted by Crippen LogP contribution is -2.06. The Hall–Kier alpha value is -3.69. The maximum Gasteiger partial charge on any atom is 0.417 e. The fraction of sp³-hybridized carbons (Fsp3) is 0.111. The van der Waals surface area contributed by atoms with E-state index in [1.165, 1.54) is 12.4 Å². The van der Waals surface area contributed by atoms with Crippen LogP contribution in [-0.4, -0.2) is 24.9 Å². The van der Waals surface area contributed by atoms with Crippen LogP contribution in [0.1, 0.15) is 11.1 Å². The van der Waals surface area contributed by atoms with Crippen molar-refractivity contribution < 1.29 is 13.2 Å². The molecule has 28 heavy (non-hydrogen) atoms. The normalized spacial score (nSPS) is 11.7. The van der Waals surface area contributed by atoms with Gasteiger partial charge in [0.25, 0.3) is 0 Å². The van der Waals surface area contributed by atoms with Gasteiger partial charge in [-0.3, -0.25) is 4.98 Å². The van der Waals surface area contributed by atoms with Crippen molar-refractivity contribution in [2.45, 2.75) is 12.7 Å². The van der Waals surface area contributed by atoms with Gasteiger partial charge in [0.1, 0.15) is 11.3 Å². The minimum atomic E-state index is -4.50. The van der Waals surface area contributed by atoms with Crippen molar-refractivity contribution in [1.82, 2.24) is 24.9 Å². The lowest BCUT2D eigenvalue weighted by atomic mass is 10.1. The van der Waals surface area contributed by atoms with Crippen LogP contribution >= 0.6 is 0 Å². The van der Waals surface area contributed by atoms with Crippen molar-refractivity contribution in [2.24, 2.45) is 0 Å². The average Bonchev–Trinajstić information content (AvgIpc) is 3.10. The predicted molar refractivity (Wildman–Crippen MR) is 98.1 cm³/mol. The Morgan fingerprint density at radius 1 is 1.11 bits per heavy atom. The number of nitrogens with one attached hydrogen (secondary N) is 2. The number of alkyl halides is 3. The molecule has 0 spiro atoms. The highest BCUT2D eigenvalue weighted by molar-refractivity contribution is 5.95. The summed E-state index contributed by atoms with van der Waals surface area (Å²) in [5.74, 6) is 0.301. The average molecular weight is 385 g/mol. The van der Waals surface area contributed by atoms with E-state index in [0.717, 1.165) is 17.8 Å². The molecule has 0 bridgehead atoms. The lowest BCUT2D eigenvalue weighted by molar-refractivity contribution is -0.137. The number of halogens is 3. The quantitative estimate of drug-likeness (QED) is 0.495. The number of aromatic nitrogens is 5. The molecular formula is C18H14F3N7. The minimum Gasteiger partial charge on any atom is -0.396 e. The molecule has 0 radical (unpaired) electrons. The number of aromatic amines is 1. The zero-order valence-corrected chi connectivity index (χ0v) is 14.3. The summed E-state index contributed by atoms with van der Waals surface area (Å²) in [5.41, 5.74) is 7.41. The van der Waals surface area contributed by atoms with Crippen molar-refractivity contribution in [3.05, 3.63) is 60.3 Å². The van der Waals surface area contributed by atoms with Gasteiger partial charge in [-0.05, 0) is 23.8 Å². The van der Waals surface area contributed by atoms with Crippen LogP contribution in [0, 0.1) is 0 Å². The molecule has 0 amide bonds. The summed E-state index contributed by atoms with van der Waals surface area (Å²) >= 11 is 0. The summed E-state index contributed by atoms with van der Waals surface area (Å²) in [4.78, 5) is 19.1. The van der Waals surface area contributed by atoms with E-state index in [1.54, 1.807) is 12.4 Å². The number of pyridine rings is 2. The van der Waals surface area contributed by atoms with Gasteiger partial charge in [0.15, 0.2) is 0 Å². The molecule has 7 nitrogen and oxygen atoms in total. The highest BCUT2D eigenvalue weighted by Crippen LogP contribution is 2.35. The Morgan fingerprint density at radius 3 is 2.64 bits per heavy atom. The first kappa shape index (κ1) is 17.7. The molecule has 0 saturated carbocycles. The van der Waals surface area contributed by atoms with Gasteiger partial charge in [-0.25, -0.2) is 15.0 Å². The second-order valence-electron chi connectivity index (χ2n) is 6.03. The molecule has 10 heteroatoms. The van der Waals surface area contributed by atoms with Crippen LogP contribution in [0.25, 0.3) is 22.3 Å². The number of nitrogens with zero attached hydrogens (tertiary/aromatic N) is 4. The molecule has 4 heterocycles. The molecule has 0 unspecified atom stereocenters. The number of hydrogen-bond donors (Lipinski definition) is 3. The van der Waals surface area contributed by atoms with Crippen molar-refractivity contribution >= 4 is 22.7 Å². The Bertz CT molecular complexity index is 1120. The predicted octanol–water partition coefficient (Wildman–Crippen LogP) is 3.63. The lowest BCUT2D eigenvalue weighted by Gasteiger charge is -2.09. The van der Waals surface area contributed by atoms with Crippen molar-refractivity contribution in [3.8, 4) is 11.3 Å². The maximum atomic E-state index is 13.0. The largest absolute Gasteiger partial charge is 0.417 e. The zero-order valence-electron chi connectivity index (χ0n) is 14.3. The summed E-state index contributed by atoms with van der Waals surface area (Å²) in [6.07, 6.45) is 2.57. The Labute approximate surface area is 156 Å². The Morgan fingerprint density at radius 2 is 1.89 bits per heavy atom. The van der Waals surface area contributed by atoms with Gasteiger partial charge in [0.05, 0.1) is 17.4 Å². The first-order valence-electron chi connectivity index (χ1n) is 8.22. The highest BCUT2D eigenvalue weighted by atomic mass is 19.4. The number of anilines is 2. The van der Waals surface area contributed by atoms with Crippen LogP contribution in [0.3, 0.4) is 0 Å². The summed E-state index contributed by atoms with van der Waals surface area (Å²) < 4.78 is 39.1. The Kier molecular flexibility index (Phi) is 4.30. The molecule has 0 aromatic carbocycles. The van der Waals surface area contributed by atoms with Crippen molar-refractivity contribution in [1.29, 1.82) is 0 Å². The number of rotatable bonds is 4. The van der Waals surface area contributed by atoms with E-state index < -0.39 is 11.7 Å². The number of H-pyrrole nitrogens is 1. The molecule has 0 aliphatic heterocycles. The maximum absolute atomic E-state index is 13.0. The second kappa shape index (κ2) is 6.80. The summed E-state index contributed by atoms with van der Waals surface area (Å²) in [6.45, 7) is 0.458. The van der Waals surface area contributed by atoms with E-state index in [0.29, 0.717) is 29.4 Å². The van der Waals surface area contributed by atoms with Crippen LogP contribution in [0.4, 0.5) is 24.8 Å². The van der Waals surface area contributed by atoms with E-state index in [2.05, 4.69) is 30.2 Å². The zero-order chi connectivity index (χ0) is 19.7. The van der Waals surface area contributed by atoms with Gasteiger partial charge in [-0.15, -0.1) is 0 Å². The highest BCUT2D eigenvalue weighted by Gasteiger charge is 2.31. The Balaban J connectivity index is 1.70. The minimum absolute atomic E-state index is 0.243. The third-order valence-electron chi connectivity index (χ3n) is 4.13. The third kappa shape index (κ3) is 3.43. The van der Waals surface area contributed by atoms with Crippen molar-refractivity contribution in [3.63, 3.8) is 0 Å². The third-order valence-corrected chi connectivity index (χ3v) is 4.13. The molecule has 4 rings (SSSR count). The van der Waals surface area contributed by atoms with Gasteiger partial charge in [-0.1, -0.05) is 0 Å². The van der Waals surface area contributed by atoms with Gasteiger partial charge in [0, 0.05) is 42.3 Å². The standard InChI is InChI=1S/C18H14F3N7/c19-18(20,21)11-5-12-13(8-25-16(12)24-7-11)15-14(22)9-27-17(28-15)26-6-10-1-3-23-4-2-10/h1-5,7-9H,6,22H2,(H,24,25)(H,26,27,28). The molecule has 4 N–H and O–H groups in total. The van der Waals surface area contributed by atoms with Crippen molar-refractivity contribution in [2.75, 3.05) is 11.1 Å². The summed E-state index contributed by atoms with van der Waals surface area (Å²) in [7, 11) is 0. The number of fused-ring (bicyclic) bond motifs is 1. The first-order valence-corrected chi connectivity index (χ1v) is 8.22. The van der Waals surface area contributed by atoms with E-state index in [4.69, 9.17) is 5.73 Å². The monoisotopic (exact) mass is 385 g/mol. The van der Waals surface area contributed by atoms with Gasteiger partial charge >= 0.3 is 6.18 Å². The van der Waals surface area contributed by atoms with Gasteiger partial charge in [0.2, 0.25) is 5.95 Å². The summed E-state index contributed by atoms with van der Waals surface area (Å²) in [5, 5.41) is 3.34. The van der Waals surface area contributed by atoms with Crippen LogP contribution in [0.5, 0.6) is 0 Å². The first-order chi connectivity index (χ1) is 13.4. The number of nitrogens with two attached hydrogens (primary N) is 1. The molecule has 142 valence electrons. The van der Waals surface area contributed by atoms with Crippen LogP contribution in [0.15, 0.2) is 49.2 Å². The molecular weight excluding hydrogens is 371 g/mol. The molecule has 0 atom stereocenters. The van der Waals surface area contributed by atoms with Crippen LogP contribution in [0.2, 0.25) is 0 Å².